The van der Waals surface area contributed by atoms with Gasteiger partial charge < -0.3 is 14.2 Å². The van der Waals surface area contributed by atoms with Gasteiger partial charge in [0.25, 0.3) is 0 Å². The van der Waals surface area contributed by atoms with Crippen LogP contribution in [0, 0.1) is 5.92 Å². The van der Waals surface area contributed by atoms with Crippen LogP contribution in [0.15, 0.2) is 24.3 Å². The molecule has 1 aromatic carbocycles. The van der Waals surface area contributed by atoms with Crippen LogP contribution in [0.2, 0.25) is 0 Å². The van der Waals surface area contributed by atoms with E-state index in [2.05, 4.69) is 0 Å². The predicted octanol–water partition coefficient (Wildman–Crippen LogP) is 1.47. The van der Waals surface area contributed by atoms with E-state index in [1.807, 2.05) is 6.07 Å². The van der Waals surface area contributed by atoms with Gasteiger partial charge in [-0.3, -0.25) is 9.59 Å². The van der Waals surface area contributed by atoms with E-state index < -0.39 is 24.0 Å². The molecule has 0 aromatic heterocycles. The number of para-hydroxylation sites is 1. The number of cyclic esters (lactones) is 1. The number of hydrogen-bond donors (Lipinski definition) is 0. The second kappa shape index (κ2) is 5.08. The highest BCUT2D eigenvalue weighted by Gasteiger charge is 2.42. The lowest BCUT2D eigenvalue weighted by Crippen LogP contribution is -2.20. The van der Waals surface area contributed by atoms with Crippen LogP contribution in [0.1, 0.15) is 18.1 Å². The van der Waals surface area contributed by atoms with Crippen LogP contribution >= 0.6 is 0 Å². The van der Waals surface area contributed by atoms with Crippen molar-refractivity contribution in [3.05, 3.63) is 29.8 Å². The first kappa shape index (κ1) is 12.4. The molecule has 1 aliphatic rings. The topological polar surface area (TPSA) is 61.8 Å². The summed E-state index contributed by atoms with van der Waals surface area (Å²) in [5.74, 6) is -0.872. The van der Waals surface area contributed by atoms with Gasteiger partial charge in [0, 0.05) is 5.56 Å². The van der Waals surface area contributed by atoms with Gasteiger partial charge in [0.05, 0.1) is 20.6 Å². The summed E-state index contributed by atoms with van der Waals surface area (Å²) in [6, 6.07) is 7.15. The Morgan fingerprint density at radius 3 is 2.72 bits per heavy atom. The molecule has 0 aliphatic carbocycles. The Kier molecular flexibility index (Phi) is 3.50. The SMILES string of the molecule is COC(=O)[C@@H]1CC(=O)O[C@@H]1c1ccccc1OC. The fourth-order valence-corrected chi connectivity index (χ4v) is 2.10. The lowest BCUT2D eigenvalue weighted by atomic mass is 9.95. The van der Waals surface area contributed by atoms with Gasteiger partial charge in [-0.05, 0) is 6.07 Å². The number of hydrogen-bond acceptors (Lipinski definition) is 5. The molecule has 0 unspecified atom stereocenters. The van der Waals surface area contributed by atoms with Gasteiger partial charge in [-0.1, -0.05) is 18.2 Å². The fraction of sp³-hybridized carbons (Fsp3) is 0.385. The molecular weight excluding hydrogens is 236 g/mol. The standard InChI is InChI=1S/C13H14O5/c1-16-10-6-4-3-5-8(10)12-9(13(15)17-2)7-11(14)18-12/h3-6,9,12H,7H2,1-2H3/t9-,12-/m1/s1. The molecule has 2 rings (SSSR count). The van der Waals surface area contributed by atoms with Gasteiger partial charge in [-0.15, -0.1) is 0 Å². The molecule has 1 heterocycles. The number of rotatable bonds is 3. The van der Waals surface area contributed by atoms with E-state index in [1.165, 1.54) is 14.2 Å². The molecule has 0 amide bonds. The summed E-state index contributed by atoms with van der Waals surface area (Å²) in [4.78, 5) is 23.0. The Balaban J connectivity index is 2.35. The molecular formula is C13H14O5. The molecule has 0 bridgehead atoms. The Morgan fingerprint density at radius 2 is 2.06 bits per heavy atom. The van der Waals surface area contributed by atoms with E-state index in [0.29, 0.717) is 11.3 Å². The molecule has 1 aliphatic heterocycles. The van der Waals surface area contributed by atoms with Gasteiger partial charge in [-0.2, -0.15) is 0 Å². The zero-order chi connectivity index (χ0) is 13.1. The summed E-state index contributed by atoms with van der Waals surface area (Å²) < 4.78 is 15.1. The maximum Gasteiger partial charge on any atom is 0.313 e. The van der Waals surface area contributed by atoms with E-state index in [-0.39, 0.29) is 6.42 Å². The minimum absolute atomic E-state index is 0.0371. The van der Waals surface area contributed by atoms with Crippen LogP contribution in [0.25, 0.3) is 0 Å². The Hall–Kier alpha value is -2.04. The second-order valence-electron chi connectivity index (χ2n) is 3.99. The normalized spacial score (nSPS) is 22.4. The molecule has 5 heteroatoms. The van der Waals surface area contributed by atoms with Crippen molar-refractivity contribution in [1.29, 1.82) is 0 Å². The van der Waals surface area contributed by atoms with Crippen LogP contribution in [0.4, 0.5) is 0 Å². The molecule has 1 saturated heterocycles. The Bertz CT molecular complexity index is 468. The maximum atomic E-state index is 11.6. The number of ether oxygens (including phenoxy) is 3. The maximum absolute atomic E-state index is 11.6. The first-order valence-corrected chi connectivity index (χ1v) is 5.57. The van der Waals surface area contributed by atoms with Crippen molar-refractivity contribution < 1.29 is 23.8 Å². The largest absolute Gasteiger partial charge is 0.496 e. The highest BCUT2D eigenvalue weighted by atomic mass is 16.6. The van der Waals surface area contributed by atoms with Crippen LogP contribution < -0.4 is 4.74 Å². The third-order valence-corrected chi connectivity index (χ3v) is 2.96. The van der Waals surface area contributed by atoms with Crippen LogP contribution in [0.3, 0.4) is 0 Å². The number of esters is 2. The van der Waals surface area contributed by atoms with E-state index in [4.69, 9.17) is 14.2 Å². The Morgan fingerprint density at radius 1 is 1.33 bits per heavy atom. The van der Waals surface area contributed by atoms with Crippen LogP contribution in [-0.2, 0) is 19.1 Å². The lowest BCUT2D eigenvalue weighted by Gasteiger charge is -2.18. The molecule has 18 heavy (non-hydrogen) atoms. The Labute approximate surface area is 105 Å². The molecule has 5 nitrogen and oxygen atoms in total. The number of carbonyl (C=O) groups excluding carboxylic acids is 2. The monoisotopic (exact) mass is 250 g/mol. The zero-order valence-electron chi connectivity index (χ0n) is 10.2. The van der Waals surface area contributed by atoms with E-state index in [0.717, 1.165) is 0 Å². The summed E-state index contributed by atoms with van der Waals surface area (Å²) >= 11 is 0. The minimum atomic E-state index is -0.638. The summed E-state index contributed by atoms with van der Waals surface area (Å²) in [7, 11) is 2.83. The number of benzene rings is 1. The van der Waals surface area contributed by atoms with Crippen molar-refractivity contribution in [3.63, 3.8) is 0 Å². The average Bonchev–Trinajstić information content (AvgIpc) is 2.79. The molecule has 0 radical (unpaired) electrons. The van der Waals surface area contributed by atoms with Gasteiger partial charge in [-0.25, -0.2) is 0 Å². The zero-order valence-corrected chi connectivity index (χ0v) is 10.2. The molecule has 0 saturated carbocycles. The molecule has 0 N–H and O–H groups in total. The van der Waals surface area contributed by atoms with Gasteiger partial charge in [0.2, 0.25) is 0 Å². The third kappa shape index (κ3) is 2.16. The highest BCUT2D eigenvalue weighted by molar-refractivity contribution is 5.84. The smallest absolute Gasteiger partial charge is 0.313 e. The van der Waals surface area contributed by atoms with E-state index >= 15 is 0 Å². The van der Waals surface area contributed by atoms with Crippen LogP contribution in [-0.4, -0.2) is 26.2 Å². The fourth-order valence-electron chi connectivity index (χ4n) is 2.10. The molecule has 96 valence electrons. The van der Waals surface area contributed by atoms with Crippen molar-refractivity contribution in [3.8, 4) is 5.75 Å². The van der Waals surface area contributed by atoms with E-state index in [1.54, 1.807) is 18.2 Å². The minimum Gasteiger partial charge on any atom is -0.496 e. The number of carbonyl (C=O) groups is 2. The molecule has 1 aromatic rings. The first-order valence-electron chi connectivity index (χ1n) is 5.57. The first-order chi connectivity index (χ1) is 8.67. The highest BCUT2D eigenvalue weighted by Crippen LogP contribution is 2.39. The summed E-state index contributed by atoms with van der Waals surface area (Å²) in [5, 5.41) is 0. The van der Waals surface area contributed by atoms with Crippen molar-refractivity contribution in [2.45, 2.75) is 12.5 Å². The van der Waals surface area contributed by atoms with Crippen molar-refractivity contribution in [2.24, 2.45) is 5.92 Å². The van der Waals surface area contributed by atoms with Gasteiger partial charge in [0.15, 0.2) is 0 Å². The van der Waals surface area contributed by atoms with Crippen LogP contribution in [0.5, 0.6) is 5.75 Å². The molecule has 0 spiro atoms. The predicted molar refractivity (Wildman–Crippen MR) is 62.0 cm³/mol. The average molecular weight is 250 g/mol. The van der Waals surface area contributed by atoms with Crippen molar-refractivity contribution in [1.82, 2.24) is 0 Å². The summed E-state index contributed by atoms with van der Waals surface area (Å²) in [5.41, 5.74) is 0.682. The third-order valence-electron chi connectivity index (χ3n) is 2.96. The van der Waals surface area contributed by atoms with Crippen molar-refractivity contribution >= 4 is 11.9 Å². The second-order valence-corrected chi connectivity index (χ2v) is 3.99. The molecule has 1 fully saturated rings. The lowest BCUT2D eigenvalue weighted by molar-refractivity contribution is -0.147. The van der Waals surface area contributed by atoms with Crippen molar-refractivity contribution in [2.75, 3.05) is 14.2 Å². The van der Waals surface area contributed by atoms with Gasteiger partial charge in [0.1, 0.15) is 17.8 Å². The molecule has 2 atom stereocenters. The van der Waals surface area contributed by atoms with E-state index in [9.17, 15) is 9.59 Å². The number of methoxy groups -OCH3 is 2. The summed E-state index contributed by atoms with van der Waals surface area (Å²) in [6.45, 7) is 0. The van der Waals surface area contributed by atoms with Gasteiger partial charge >= 0.3 is 11.9 Å². The summed E-state index contributed by atoms with van der Waals surface area (Å²) in [6.07, 6.45) is -0.601. The quantitative estimate of drug-likeness (QED) is 0.760.